The van der Waals surface area contributed by atoms with Gasteiger partial charge in [-0.1, -0.05) is 11.6 Å². The summed E-state index contributed by atoms with van der Waals surface area (Å²) >= 11 is 6.87. The maximum absolute atomic E-state index is 12.9. The third-order valence-electron chi connectivity index (χ3n) is 1.48. The third kappa shape index (κ3) is 1.13. The van der Waals surface area contributed by atoms with Crippen LogP contribution in [0, 0.1) is 5.82 Å². The van der Waals surface area contributed by atoms with E-state index in [1.807, 2.05) is 0 Å². The fourth-order valence-corrected chi connectivity index (χ4v) is 1.97. The van der Waals surface area contributed by atoms with E-state index in [0.29, 0.717) is 14.7 Å². The van der Waals surface area contributed by atoms with Gasteiger partial charge in [0, 0.05) is 0 Å². The van der Waals surface area contributed by atoms with E-state index in [4.69, 9.17) is 17.3 Å². The molecule has 1 heterocycles. The van der Waals surface area contributed by atoms with Crippen molar-refractivity contribution in [2.24, 2.45) is 0 Å². The lowest BCUT2D eigenvalue weighted by molar-refractivity contribution is 0.634. The zero-order chi connectivity index (χ0) is 8.72. The van der Waals surface area contributed by atoms with E-state index in [1.54, 1.807) is 0 Å². The number of anilines is 1. The third-order valence-corrected chi connectivity index (χ3v) is 2.60. The Kier molecular flexibility index (Phi) is 1.66. The van der Waals surface area contributed by atoms with E-state index in [0.717, 1.165) is 0 Å². The van der Waals surface area contributed by atoms with Crippen LogP contribution in [0.15, 0.2) is 12.1 Å². The predicted octanol–water partition coefficient (Wildman–Crippen LogP) is 2.67. The summed E-state index contributed by atoms with van der Waals surface area (Å²) in [6, 6.07) is 2.82. The van der Waals surface area contributed by atoms with Crippen LogP contribution < -0.4 is 5.73 Å². The molecule has 0 aliphatic heterocycles. The number of halogens is 2. The van der Waals surface area contributed by atoms with Gasteiger partial charge in [-0.3, -0.25) is 0 Å². The summed E-state index contributed by atoms with van der Waals surface area (Å²) in [5, 5.41) is 0. The lowest BCUT2D eigenvalue weighted by Gasteiger charge is -1.93. The molecular weight excluding hydrogens is 199 g/mol. The van der Waals surface area contributed by atoms with Crippen molar-refractivity contribution in [2.45, 2.75) is 0 Å². The first-order chi connectivity index (χ1) is 5.66. The zero-order valence-corrected chi connectivity index (χ0v) is 7.42. The number of hydrogen-bond acceptors (Lipinski definition) is 3. The molecule has 0 bridgehead atoms. The molecule has 0 aliphatic rings. The summed E-state index contributed by atoms with van der Waals surface area (Å²) in [6.07, 6.45) is 0. The molecule has 0 aliphatic carbocycles. The number of benzene rings is 1. The molecule has 0 spiro atoms. The summed E-state index contributed by atoms with van der Waals surface area (Å²) in [5.41, 5.74) is 6.09. The highest BCUT2D eigenvalue weighted by molar-refractivity contribution is 7.22. The van der Waals surface area contributed by atoms with Crippen molar-refractivity contribution in [2.75, 3.05) is 5.73 Å². The van der Waals surface area contributed by atoms with Crippen LogP contribution in [0.1, 0.15) is 0 Å². The summed E-state index contributed by atoms with van der Waals surface area (Å²) in [6.45, 7) is 0. The molecule has 0 saturated heterocycles. The van der Waals surface area contributed by atoms with Crippen LogP contribution in [0.5, 0.6) is 0 Å². The number of aromatic nitrogens is 1. The van der Waals surface area contributed by atoms with Crippen molar-refractivity contribution >= 4 is 38.8 Å². The van der Waals surface area contributed by atoms with Crippen LogP contribution >= 0.6 is 22.9 Å². The highest BCUT2D eigenvalue weighted by Gasteiger charge is 2.05. The van der Waals surface area contributed by atoms with Gasteiger partial charge >= 0.3 is 0 Å². The van der Waals surface area contributed by atoms with Crippen LogP contribution in [0.3, 0.4) is 0 Å². The van der Waals surface area contributed by atoms with Crippen molar-refractivity contribution in [3.8, 4) is 0 Å². The average Bonchev–Trinajstić information content (AvgIpc) is 2.30. The first kappa shape index (κ1) is 7.76. The lowest BCUT2D eigenvalue weighted by Crippen LogP contribution is -1.88. The number of thiazole rings is 1. The number of nitrogens with two attached hydrogens (primary N) is 1. The Labute approximate surface area is 76.8 Å². The molecule has 0 radical (unpaired) electrons. The molecule has 12 heavy (non-hydrogen) atoms. The van der Waals surface area contributed by atoms with Gasteiger partial charge in [0.2, 0.25) is 0 Å². The van der Waals surface area contributed by atoms with Crippen molar-refractivity contribution in [1.82, 2.24) is 4.98 Å². The van der Waals surface area contributed by atoms with Crippen LogP contribution in [0.25, 0.3) is 10.2 Å². The van der Waals surface area contributed by atoms with Gasteiger partial charge in [0.25, 0.3) is 0 Å². The molecule has 0 saturated carbocycles. The summed E-state index contributed by atoms with van der Waals surface area (Å²) in [5.74, 6) is -0.428. The quantitative estimate of drug-likeness (QED) is 0.667. The summed E-state index contributed by atoms with van der Waals surface area (Å²) < 4.78 is 14.0. The largest absolute Gasteiger partial charge is 0.396 e. The zero-order valence-electron chi connectivity index (χ0n) is 5.84. The lowest BCUT2D eigenvalue weighted by atomic mass is 10.3. The number of rotatable bonds is 0. The van der Waals surface area contributed by atoms with Crippen LogP contribution in [0.2, 0.25) is 4.47 Å². The van der Waals surface area contributed by atoms with Gasteiger partial charge in [-0.25, -0.2) is 9.37 Å². The van der Waals surface area contributed by atoms with Crippen molar-refractivity contribution in [3.63, 3.8) is 0 Å². The second-order valence-corrected chi connectivity index (χ2v) is 3.92. The molecule has 1 aromatic carbocycles. The molecule has 62 valence electrons. The fourth-order valence-electron chi connectivity index (χ4n) is 0.937. The Morgan fingerprint density at radius 3 is 3.00 bits per heavy atom. The SMILES string of the molecule is Nc1cc2nc(Cl)sc2cc1F. The predicted molar refractivity (Wildman–Crippen MR) is 49.0 cm³/mol. The molecule has 0 unspecified atom stereocenters. The monoisotopic (exact) mass is 202 g/mol. The maximum Gasteiger partial charge on any atom is 0.184 e. The highest BCUT2D eigenvalue weighted by Crippen LogP contribution is 2.28. The molecule has 0 amide bonds. The minimum atomic E-state index is -0.428. The van der Waals surface area contributed by atoms with Crippen LogP contribution in [-0.2, 0) is 0 Å². The maximum atomic E-state index is 12.9. The fraction of sp³-hybridized carbons (Fsp3) is 0. The van der Waals surface area contributed by atoms with Gasteiger partial charge in [-0.15, -0.1) is 11.3 Å². The van der Waals surface area contributed by atoms with Gasteiger partial charge in [0.15, 0.2) is 4.47 Å². The van der Waals surface area contributed by atoms with E-state index in [-0.39, 0.29) is 5.69 Å². The van der Waals surface area contributed by atoms with Crippen molar-refractivity contribution in [3.05, 3.63) is 22.4 Å². The molecule has 5 heteroatoms. The molecular formula is C7H4ClFN2S. The second-order valence-electron chi connectivity index (χ2n) is 2.31. The van der Waals surface area contributed by atoms with Gasteiger partial charge in [-0.2, -0.15) is 0 Å². The smallest absolute Gasteiger partial charge is 0.184 e. The van der Waals surface area contributed by atoms with Crippen molar-refractivity contribution < 1.29 is 4.39 Å². The summed E-state index contributed by atoms with van der Waals surface area (Å²) in [7, 11) is 0. The standard InChI is InChI=1S/C7H4ClFN2S/c8-7-11-5-2-4(10)3(9)1-6(5)12-7/h1-2H,10H2. The first-order valence-corrected chi connectivity index (χ1v) is 4.37. The number of nitrogen functional groups attached to an aromatic ring is 1. The van der Waals surface area contributed by atoms with E-state index in [1.165, 1.54) is 23.5 Å². The molecule has 1 aromatic heterocycles. The van der Waals surface area contributed by atoms with Crippen molar-refractivity contribution in [1.29, 1.82) is 0 Å². The van der Waals surface area contributed by atoms with Crippen LogP contribution in [-0.4, -0.2) is 4.98 Å². The topological polar surface area (TPSA) is 38.9 Å². The van der Waals surface area contributed by atoms with Gasteiger partial charge in [0.05, 0.1) is 15.9 Å². The number of nitrogens with zero attached hydrogens (tertiary/aromatic N) is 1. The number of fused-ring (bicyclic) bond motifs is 1. The van der Waals surface area contributed by atoms with Crippen LogP contribution in [0.4, 0.5) is 10.1 Å². The van der Waals surface area contributed by atoms with E-state index >= 15 is 0 Å². The Morgan fingerprint density at radius 1 is 1.50 bits per heavy atom. The Balaban J connectivity index is 2.83. The molecule has 0 atom stereocenters. The minimum absolute atomic E-state index is 0.101. The van der Waals surface area contributed by atoms with E-state index in [2.05, 4.69) is 4.98 Å². The minimum Gasteiger partial charge on any atom is -0.396 e. The highest BCUT2D eigenvalue weighted by atomic mass is 35.5. The Bertz CT molecular complexity index is 401. The summed E-state index contributed by atoms with van der Waals surface area (Å²) in [4.78, 5) is 3.95. The van der Waals surface area contributed by atoms with Gasteiger partial charge in [-0.05, 0) is 12.1 Å². The second kappa shape index (κ2) is 2.57. The molecule has 2 N–H and O–H groups in total. The number of hydrogen-bond donors (Lipinski definition) is 1. The molecule has 2 nitrogen and oxygen atoms in total. The average molecular weight is 203 g/mol. The van der Waals surface area contributed by atoms with E-state index < -0.39 is 5.82 Å². The van der Waals surface area contributed by atoms with Gasteiger partial charge < -0.3 is 5.73 Å². The normalized spacial score (nSPS) is 10.8. The van der Waals surface area contributed by atoms with E-state index in [9.17, 15) is 4.39 Å². The first-order valence-electron chi connectivity index (χ1n) is 3.18. The molecule has 2 aromatic rings. The molecule has 0 fully saturated rings. The molecule has 2 rings (SSSR count). The Morgan fingerprint density at radius 2 is 2.25 bits per heavy atom. The Hall–Kier alpha value is -0.870. The van der Waals surface area contributed by atoms with Gasteiger partial charge in [0.1, 0.15) is 5.82 Å².